The molecule has 2 N–H and O–H groups in total. The summed E-state index contributed by atoms with van der Waals surface area (Å²) in [5, 5.41) is 6.72. The van der Waals surface area contributed by atoms with E-state index >= 15 is 0 Å². The minimum Gasteiger partial charge on any atom is -0.324 e. The summed E-state index contributed by atoms with van der Waals surface area (Å²) >= 11 is 0. The number of amides is 1. The molecule has 0 aromatic heterocycles. The number of aryl methyl sites for hydroxylation is 1. The van der Waals surface area contributed by atoms with Crippen LogP contribution in [-0.4, -0.2) is 18.0 Å². The lowest BCUT2D eigenvalue weighted by atomic mass is 9.84. The lowest BCUT2D eigenvalue weighted by Gasteiger charge is -2.31. The van der Waals surface area contributed by atoms with Crippen LogP contribution in [0.1, 0.15) is 51.0 Å². The molecule has 1 heterocycles. The van der Waals surface area contributed by atoms with Crippen molar-refractivity contribution in [3.63, 3.8) is 0 Å². The van der Waals surface area contributed by atoms with Gasteiger partial charge in [0.05, 0.1) is 6.04 Å². The smallest absolute Gasteiger partial charge is 0.241 e. The Kier molecular flexibility index (Phi) is 4.59. The summed E-state index contributed by atoms with van der Waals surface area (Å²) < 4.78 is 0. The summed E-state index contributed by atoms with van der Waals surface area (Å²) in [7, 11) is 0. The first-order valence-corrected chi connectivity index (χ1v) is 8.41. The van der Waals surface area contributed by atoms with Gasteiger partial charge in [0.2, 0.25) is 5.91 Å². The quantitative estimate of drug-likeness (QED) is 0.893. The number of fused-ring (bicyclic) bond motifs is 1. The molecule has 1 aliphatic carbocycles. The topological polar surface area (TPSA) is 41.1 Å². The van der Waals surface area contributed by atoms with Crippen molar-refractivity contribution < 1.29 is 4.79 Å². The predicted molar refractivity (Wildman–Crippen MR) is 86.4 cm³/mol. The van der Waals surface area contributed by atoms with E-state index < -0.39 is 0 Å². The molecular weight excluding hydrogens is 260 g/mol. The first-order chi connectivity index (χ1) is 10.3. The Labute approximate surface area is 127 Å². The first kappa shape index (κ1) is 14.6. The summed E-state index contributed by atoms with van der Waals surface area (Å²) in [5.41, 5.74) is 2.24. The molecule has 1 saturated carbocycles. The van der Waals surface area contributed by atoms with Gasteiger partial charge in [0, 0.05) is 11.7 Å². The molecule has 0 spiro atoms. The van der Waals surface area contributed by atoms with Gasteiger partial charge in [0.25, 0.3) is 0 Å². The fraction of sp³-hybridized carbons (Fsp3) is 0.611. The van der Waals surface area contributed by atoms with Gasteiger partial charge in [0.1, 0.15) is 0 Å². The second-order valence-corrected chi connectivity index (χ2v) is 6.54. The lowest BCUT2D eigenvalue weighted by molar-refractivity contribution is -0.118. The Balaban J connectivity index is 1.63. The van der Waals surface area contributed by atoms with E-state index in [0.29, 0.717) is 6.04 Å². The van der Waals surface area contributed by atoms with Gasteiger partial charge in [-0.25, -0.2) is 0 Å². The van der Waals surface area contributed by atoms with Gasteiger partial charge in [-0.2, -0.15) is 0 Å². The third-order valence-electron chi connectivity index (χ3n) is 5.09. The molecule has 3 atom stereocenters. The highest BCUT2D eigenvalue weighted by molar-refractivity contribution is 5.96. The maximum Gasteiger partial charge on any atom is 0.241 e. The second kappa shape index (κ2) is 6.61. The van der Waals surface area contributed by atoms with Gasteiger partial charge < -0.3 is 10.6 Å². The van der Waals surface area contributed by atoms with Crippen LogP contribution < -0.4 is 10.6 Å². The Morgan fingerprint density at radius 2 is 2.10 bits per heavy atom. The molecule has 2 aliphatic rings. The highest BCUT2D eigenvalue weighted by Gasteiger charge is 2.28. The summed E-state index contributed by atoms with van der Waals surface area (Å²) in [6.45, 7) is 2.28. The van der Waals surface area contributed by atoms with Gasteiger partial charge in [-0.3, -0.25) is 4.79 Å². The van der Waals surface area contributed by atoms with Crippen molar-refractivity contribution >= 4 is 11.6 Å². The van der Waals surface area contributed by atoms with Crippen molar-refractivity contribution in [2.24, 2.45) is 5.92 Å². The van der Waals surface area contributed by atoms with E-state index in [-0.39, 0.29) is 11.9 Å². The van der Waals surface area contributed by atoms with Crippen molar-refractivity contribution in [1.29, 1.82) is 0 Å². The summed E-state index contributed by atoms with van der Waals surface area (Å²) in [6.07, 6.45) is 8.23. The zero-order chi connectivity index (χ0) is 14.7. The van der Waals surface area contributed by atoms with Crippen molar-refractivity contribution in [3.8, 4) is 0 Å². The molecule has 1 fully saturated rings. The second-order valence-electron chi connectivity index (χ2n) is 6.54. The lowest BCUT2D eigenvalue weighted by Crippen LogP contribution is -2.47. The monoisotopic (exact) mass is 286 g/mol. The van der Waals surface area contributed by atoms with Gasteiger partial charge in [-0.1, -0.05) is 44.4 Å². The highest BCUT2D eigenvalue weighted by Crippen LogP contribution is 2.28. The number of nitrogens with one attached hydrogen (secondary N) is 2. The zero-order valence-corrected chi connectivity index (χ0v) is 12.9. The first-order valence-electron chi connectivity index (χ1n) is 8.41. The van der Waals surface area contributed by atoms with Gasteiger partial charge in [-0.15, -0.1) is 0 Å². The van der Waals surface area contributed by atoms with E-state index in [9.17, 15) is 4.79 Å². The number of anilines is 1. The average molecular weight is 286 g/mol. The minimum atomic E-state index is -0.0435. The molecule has 0 saturated heterocycles. The average Bonchev–Trinajstić information content (AvgIpc) is 2.67. The fourth-order valence-electron chi connectivity index (χ4n) is 3.77. The maximum absolute atomic E-state index is 12.4. The van der Waals surface area contributed by atoms with E-state index in [1.54, 1.807) is 0 Å². The molecule has 1 aromatic rings. The van der Waals surface area contributed by atoms with Crippen LogP contribution in [0.5, 0.6) is 0 Å². The zero-order valence-electron chi connectivity index (χ0n) is 12.9. The number of benzene rings is 1. The predicted octanol–water partition coefficient (Wildman–Crippen LogP) is 3.50. The van der Waals surface area contributed by atoms with Crippen molar-refractivity contribution in [3.05, 3.63) is 29.8 Å². The third-order valence-corrected chi connectivity index (χ3v) is 5.09. The van der Waals surface area contributed by atoms with Crippen LogP contribution in [0.25, 0.3) is 0 Å². The molecule has 1 aromatic carbocycles. The molecule has 3 unspecified atom stereocenters. The molecule has 0 radical (unpaired) electrons. The molecule has 1 amide bonds. The summed E-state index contributed by atoms with van der Waals surface area (Å²) in [5.74, 6) is 0.973. The van der Waals surface area contributed by atoms with Crippen LogP contribution in [0.4, 0.5) is 5.69 Å². The van der Waals surface area contributed by atoms with Gasteiger partial charge in [0.15, 0.2) is 0 Å². The molecule has 3 heteroatoms. The number of carbonyl (C=O) groups excluding carboxylic acids is 1. The van der Waals surface area contributed by atoms with Crippen LogP contribution in [0.2, 0.25) is 0 Å². The summed E-state index contributed by atoms with van der Waals surface area (Å²) in [4.78, 5) is 12.4. The SMILES string of the molecule is CCC1CCCC(NC2CCc3ccccc3NC2=O)C1. The molecule has 1 aliphatic heterocycles. The molecule has 21 heavy (non-hydrogen) atoms. The van der Waals surface area contributed by atoms with Crippen LogP contribution in [0, 0.1) is 5.92 Å². The Hall–Kier alpha value is -1.35. The van der Waals surface area contributed by atoms with E-state index in [0.717, 1.165) is 24.4 Å². The molecule has 114 valence electrons. The summed E-state index contributed by atoms with van der Waals surface area (Å²) in [6, 6.07) is 8.62. The van der Waals surface area contributed by atoms with Crippen LogP contribution in [-0.2, 0) is 11.2 Å². The molecule has 3 rings (SSSR count). The molecule has 3 nitrogen and oxygen atoms in total. The fourth-order valence-corrected chi connectivity index (χ4v) is 3.77. The Morgan fingerprint density at radius 3 is 2.95 bits per heavy atom. The number of rotatable bonds is 3. The van der Waals surface area contributed by atoms with Crippen LogP contribution >= 0.6 is 0 Å². The van der Waals surface area contributed by atoms with Gasteiger partial charge >= 0.3 is 0 Å². The molecule has 0 bridgehead atoms. The van der Waals surface area contributed by atoms with Gasteiger partial charge in [-0.05, 0) is 43.2 Å². The normalized spacial score (nSPS) is 29.4. The van der Waals surface area contributed by atoms with E-state index in [1.807, 2.05) is 18.2 Å². The third kappa shape index (κ3) is 3.46. The Bertz CT molecular complexity index is 500. The molecular formula is C18H26N2O. The minimum absolute atomic E-state index is 0.0435. The number of hydrogen-bond donors (Lipinski definition) is 2. The van der Waals surface area contributed by atoms with E-state index in [2.05, 4.69) is 23.6 Å². The highest BCUT2D eigenvalue weighted by atomic mass is 16.2. The van der Waals surface area contributed by atoms with Crippen LogP contribution in [0.15, 0.2) is 24.3 Å². The Morgan fingerprint density at radius 1 is 1.24 bits per heavy atom. The van der Waals surface area contributed by atoms with E-state index in [1.165, 1.54) is 37.7 Å². The van der Waals surface area contributed by atoms with Crippen molar-refractivity contribution in [2.45, 2.75) is 64.0 Å². The maximum atomic E-state index is 12.4. The number of para-hydroxylation sites is 1. The number of carbonyl (C=O) groups is 1. The van der Waals surface area contributed by atoms with Crippen LogP contribution in [0.3, 0.4) is 0 Å². The van der Waals surface area contributed by atoms with E-state index in [4.69, 9.17) is 0 Å². The van der Waals surface area contributed by atoms with Crippen molar-refractivity contribution in [1.82, 2.24) is 5.32 Å². The number of hydrogen-bond acceptors (Lipinski definition) is 2. The largest absolute Gasteiger partial charge is 0.324 e. The van der Waals surface area contributed by atoms with Crippen molar-refractivity contribution in [2.75, 3.05) is 5.32 Å². The standard InChI is InChI=1S/C18H26N2O/c1-2-13-6-5-8-15(12-13)19-17-11-10-14-7-3-4-9-16(14)20-18(17)21/h3-4,7,9,13,15,17,19H,2,5-6,8,10-12H2,1H3,(H,20,21).